The van der Waals surface area contributed by atoms with E-state index in [9.17, 15) is 0 Å². The third-order valence-electron chi connectivity index (χ3n) is 4.03. The van der Waals surface area contributed by atoms with Gasteiger partial charge in [0.15, 0.2) is 0 Å². The van der Waals surface area contributed by atoms with Crippen molar-refractivity contribution in [2.45, 2.75) is 42.8 Å². The summed E-state index contributed by atoms with van der Waals surface area (Å²) in [6.07, 6.45) is 6.44. The molecule has 0 saturated carbocycles. The Bertz CT molecular complexity index is 634. The highest BCUT2D eigenvalue weighted by molar-refractivity contribution is 7.99. The third kappa shape index (κ3) is 4.34. The standard InChI is InChI=1S/C18H21ClN2S.ClH/c1-2-17(16-8-4-6-12-21-16)22-18-13-7-3-5-11-20-15(13)10-9-14(18)19;/h4,6,8-10,12,17,20H,2-3,5,7,11H2,1H3;1H. The zero-order chi connectivity index (χ0) is 15.4. The topological polar surface area (TPSA) is 24.9 Å². The van der Waals surface area contributed by atoms with E-state index in [1.807, 2.05) is 30.1 Å². The van der Waals surface area contributed by atoms with Crippen LogP contribution in [0.25, 0.3) is 0 Å². The fourth-order valence-corrected chi connectivity index (χ4v) is 4.41. The number of hydrogen-bond donors (Lipinski definition) is 1. The van der Waals surface area contributed by atoms with Gasteiger partial charge in [0, 0.05) is 23.3 Å². The zero-order valence-corrected chi connectivity index (χ0v) is 15.6. The van der Waals surface area contributed by atoms with Crippen LogP contribution in [-0.2, 0) is 6.42 Å². The highest BCUT2D eigenvalue weighted by Crippen LogP contribution is 2.44. The molecule has 0 saturated heterocycles. The molecule has 2 heterocycles. The lowest BCUT2D eigenvalue weighted by molar-refractivity contribution is 0.778. The minimum absolute atomic E-state index is 0. The Morgan fingerprint density at radius 2 is 2.13 bits per heavy atom. The molecule has 0 spiro atoms. The van der Waals surface area contributed by atoms with Crippen molar-refractivity contribution < 1.29 is 0 Å². The maximum Gasteiger partial charge on any atom is 0.0546 e. The molecule has 0 fully saturated rings. The van der Waals surface area contributed by atoms with Crippen molar-refractivity contribution in [3.05, 3.63) is 52.8 Å². The monoisotopic (exact) mass is 368 g/mol. The van der Waals surface area contributed by atoms with E-state index in [-0.39, 0.29) is 12.4 Å². The molecule has 3 rings (SSSR count). The molecule has 1 N–H and O–H groups in total. The second kappa shape index (κ2) is 8.81. The molecule has 1 aromatic carbocycles. The number of rotatable bonds is 4. The van der Waals surface area contributed by atoms with E-state index in [2.05, 4.69) is 35.4 Å². The quantitative estimate of drug-likeness (QED) is 0.655. The molecular weight excluding hydrogens is 347 g/mol. The van der Waals surface area contributed by atoms with Crippen LogP contribution in [0.5, 0.6) is 0 Å². The predicted molar refractivity (Wildman–Crippen MR) is 103 cm³/mol. The van der Waals surface area contributed by atoms with Crippen molar-refractivity contribution in [2.24, 2.45) is 0 Å². The van der Waals surface area contributed by atoms with Crippen LogP contribution in [-0.4, -0.2) is 11.5 Å². The number of thioether (sulfide) groups is 1. The van der Waals surface area contributed by atoms with Gasteiger partial charge in [-0.1, -0.05) is 24.6 Å². The first-order valence-corrected chi connectivity index (χ1v) is 9.18. The van der Waals surface area contributed by atoms with Gasteiger partial charge in [0.25, 0.3) is 0 Å². The maximum absolute atomic E-state index is 6.53. The van der Waals surface area contributed by atoms with Crippen molar-refractivity contribution in [2.75, 3.05) is 11.9 Å². The maximum atomic E-state index is 6.53. The molecule has 5 heteroatoms. The summed E-state index contributed by atoms with van der Waals surface area (Å²) in [5.41, 5.74) is 3.76. The van der Waals surface area contributed by atoms with Crippen LogP contribution in [0.15, 0.2) is 41.4 Å². The van der Waals surface area contributed by atoms with Gasteiger partial charge in [0.1, 0.15) is 0 Å². The summed E-state index contributed by atoms with van der Waals surface area (Å²) in [7, 11) is 0. The van der Waals surface area contributed by atoms with Crippen molar-refractivity contribution in [1.29, 1.82) is 0 Å². The van der Waals surface area contributed by atoms with Crippen molar-refractivity contribution >= 4 is 41.5 Å². The van der Waals surface area contributed by atoms with Crippen molar-refractivity contribution in [3.63, 3.8) is 0 Å². The summed E-state index contributed by atoms with van der Waals surface area (Å²) in [5.74, 6) is 0. The largest absolute Gasteiger partial charge is 0.385 e. The average Bonchev–Trinajstić information content (AvgIpc) is 2.80. The number of aromatic nitrogens is 1. The van der Waals surface area contributed by atoms with Gasteiger partial charge in [0.05, 0.1) is 16.0 Å². The van der Waals surface area contributed by atoms with E-state index >= 15 is 0 Å². The molecule has 2 aromatic rings. The first kappa shape index (κ1) is 18.4. The fourth-order valence-electron chi connectivity index (χ4n) is 2.85. The lowest BCUT2D eigenvalue weighted by Gasteiger charge is -2.19. The molecule has 1 aliphatic rings. The van der Waals surface area contributed by atoms with E-state index in [4.69, 9.17) is 11.6 Å². The molecular formula is C18H22Cl2N2S. The number of pyridine rings is 1. The van der Waals surface area contributed by atoms with Crippen molar-refractivity contribution in [3.8, 4) is 0 Å². The summed E-state index contributed by atoms with van der Waals surface area (Å²) in [6, 6.07) is 10.3. The van der Waals surface area contributed by atoms with Crippen LogP contribution in [0.1, 0.15) is 42.7 Å². The minimum Gasteiger partial charge on any atom is -0.385 e. The summed E-state index contributed by atoms with van der Waals surface area (Å²) >= 11 is 8.39. The molecule has 124 valence electrons. The summed E-state index contributed by atoms with van der Waals surface area (Å²) in [5, 5.41) is 4.74. The number of halogens is 2. The molecule has 1 atom stereocenters. The number of nitrogens with one attached hydrogen (secondary N) is 1. The number of benzene rings is 1. The number of nitrogens with zero attached hydrogens (tertiary/aromatic N) is 1. The summed E-state index contributed by atoms with van der Waals surface area (Å²) in [6.45, 7) is 3.26. The lowest BCUT2D eigenvalue weighted by atomic mass is 10.1. The third-order valence-corrected chi connectivity index (χ3v) is 6.02. The van der Waals surface area contributed by atoms with Gasteiger partial charge < -0.3 is 5.32 Å². The van der Waals surface area contributed by atoms with Gasteiger partial charge in [0.2, 0.25) is 0 Å². The van der Waals surface area contributed by atoms with E-state index in [0.29, 0.717) is 5.25 Å². The Morgan fingerprint density at radius 1 is 1.26 bits per heavy atom. The molecule has 0 aliphatic carbocycles. The summed E-state index contributed by atoms with van der Waals surface area (Å²) in [4.78, 5) is 5.75. The summed E-state index contributed by atoms with van der Waals surface area (Å²) < 4.78 is 0. The second-order valence-corrected chi connectivity index (χ2v) is 7.18. The van der Waals surface area contributed by atoms with Crippen LogP contribution < -0.4 is 5.32 Å². The number of fused-ring (bicyclic) bond motifs is 1. The highest BCUT2D eigenvalue weighted by Gasteiger charge is 2.20. The Kier molecular flexibility index (Phi) is 7.07. The molecule has 1 unspecified atom stereocenters. The Hall–Kier alpha value is -0.900. The number of hydrogen-bond acceptors (Lipinski definition) is 3. The second-order valence-electron chi connectivity index (χ2n) is 5.56. The first-order chi connectivity index (χ1) is 10.8. The van der Waals surface area contributed by atoms with Crippen LogP contribution in [0.4, 0.5) is 5.69 Å². The highest BCUT2D eigenvalue weighted by atomic mass is 35.5. The van der Waals surface area contributed by atoms with Crippen LogP contribution in [0, 0.1) is 0 Å². The van der Waals surface area contributed by atoms with Gasteiger partial charge >= 0.3 is 0 Å². The minimum atomic E-state index is 0. The average molecular weight is 369 g/mol. The van der Waals surface area contributed by atoms with Crippen LogP contribution in [0.3, 0.4) is 0 Å². The van der Waals surface area contributed by atoms with E-state index in [1.165, 1.54) is 29.0 Å². The van der Waals surface area contributed by atoms with E-state index < -0.39 is 0 Å². The molecule has 1 aromatic heterocycles. The molecule has 23 heavy (non-hydrogen) atoms. The number of anilines is 1. The van der Waals surface area contributed by atoms with E-state index in [0.717, 1.165) is 30.1 Å². The SMILES string of the molecule is CCC(Sc1c(Cl)ccc2c1CCCCN2)c1ccccn1.Cl. The van der Waals surface area contributed by atoms with E-state index in [1.54, 1.807) is 0 Å². The first-order valence-electron chi connectivity index (χ1n) is 7.92. The molecule has 0 radical (unpaired) electrons. The molecule has 2 nitrogen and oxygen atoms in total. The smallest absolute Gasteiger partial charge is 0.0546 e. The Labute approximate surface area is 153 Å². The van der Waals surface area contributed by atoms with Crippen LogP contribution in [0.2, 0.25) is 5.02 Å². The van der Waals surface area contributed by atoms with Gasteiger partial charge in [-0.25, -0.2) is 0 Å². The fraction of sp³-hybridized carbons (Fsp3) is 0.389. The Balaban J connectivity index is 0.00000192. The lowest BCUT2D eigenvalue weighted by Crippen LogP contribution is -2.01. The van der Waals surface area contributed by atoms with Gasteiger partial charge in [-0.05, 0) is 55.5 Å². The molecule has 0 bridgehead atoms. The molecule has 1 aliphatic heterocycles. The Morgan fingerprint density at radius 3 is 2.87 bits per heavy atom. The predicted octanol–water partition coefficient (Wildman–Crippen LogP) is 6.15. The van der Waals surface area contributed by atoms with Gasteiger partial charge in [-0.15, -0.1) is 24.2 Å². The normalized spacial score (nSPS) is 14.9. The zero-order valence-electron chi connectivity index (χ0n) is 13.2. The van der Waals surface area contributed by atoms with Gasteiger partial charge in [-0.2, -0.15) is 0 Å². The van der Waals surface area contributed by atoms with Crippen molar-refractivity contribution in [1.82, 2.24) is 4.98 Å². The van der Waals surface area contributed by atoms with Gasteiger partial charge in [-0.3, -0.25) is 4.98 Å². The molecule has 0 amide bonds. The van der Waals surface area contributed by atoms with Crippen LogP contribution >= 0.6 is 35.8 Å².